The Morgan fingerprint density at radius 3 is 2.76 bits per heavy atom. The summed E-state index contributed by atoms with van der Waals surface area (Å²) in [5.41, 5.74) is 2.06. The molecule has 2 aromatic rings. The molecule has 132 valence electrons. The Balaban J connectivity index is 1.56. The number of rotatable bonds is 6. The minimum absolute atomic E-state index is 0.0550. The molecular formula is C19H24N4O2. The number of carbonyl (C=O) groups excluding carboxylic acids is 2. The lowest BCUT2D eigenvalue weighted by atomic mass is 10.1. The van der Waals surface area contributed by atoms with Crippen LogP contribution in [0.4, 0.5) is 0 Å². The lowest BCUT2D eigenvalue weighted by molar-refractivity contribution is -0.138. The van der Waals surface area contributed by atoms with Crippen LogP contribution < -0.4 is 5.32 Å². The number of carbonyl (C=O) groups is 2. The first-order valence-corrected chi connectivity index (χ1v) is 8.83. The molecule has 1 unspecified atom stereocenters. The molecule has 1 aromatic heterocycles. The van der Waals surface area contributed by atoms with Gasteiger partial charge in [-0.2, -0.15) is 0 Å². The van der Waals surface area contributed by atoms with E-state index in [1.54, 1.807) is 17.4 Å². The molecule has 1 atom stereocenters. The zero-order chi connectivity index (χ0) is 17.6. The van der Waals surface area contributed by atoms with Crippen LogP contribution in [0, 0.1) is 0 Å². The van der Waals surface area contributed by atoms with Gasteiger partial charge in [0.15, 0.2) is 0 Å². The summed E-state index contributed by atoms with van der Waals surface area (Å²) in [6.45, 7) is 3.14. The molecule has 0 radical (unpaired) electrons. The summed E-state index contributed by atoms with van der Waals surface area (Å²) in [7, 11) is 0. The largest absolute Gasteiger partial charge is 0.350 e. The van der Waals surface area contributed by atoms with Gasteiger partial charge in [-0.1, -0.05) is 19.1 Å². The van der Waals surface area contributed by atoms with Crippen molar-refractivity contribution >= 4 is 11.8 Å². The fraction of sp³-hybridized carbons (Fsp3) is 0.421. The van der Waals surface area contributed by atoms with Crippen molar-refractivity contribution in [2.75, 3.05) is 6.54 Å². The van der Waals surface area contributed by atoms with Crippen LogP contribution >= 0.6 is 0 Å². The minimum Gasteiger partial charge on any atom is -0.350 e. The second-order valence-electron chi connectivity index (χ2n) is 6.35. The number of nitrogens with zero attached hydrogens (tertiary/aromatic N) is 3. The summed E-state index contributed by atoms with van der Waals surface area (Å²) >= 11 is 0. The van der Waals surface area contributed by atoms with E-state index in [4.69, 9.17) is 0 Å². The summed E-state index contributed by atoms with van der Waals surface area (Å²) in [6, 6.07) is 7.66. The summed E-state index contributed by atoms with van der Waals surface area (Å²) in [5.74, 6) is 0.0328. The van der Waals surface area contributed by atoms with Crippen LogP contribution in [-0.2, 0) is 16.1 Å². The van der Waals surface area contributed by atoms with Crippen LogP contribution in [0.15, 0.2) is 43.0 Å². The lowest BCUT2D eigenvalue weighted by Crippen LogP contribution is -2.45. The van der Waals surface area contributed by atoms with E-state index < -0.39 is 0 Å². The molecule has 0 saturated carbocycles. The monoisotopic (exact) mass is 340 g/mol. The molecule has 1 aromatic carbocycles. The fourth-order valence-electron chi connectivity index (χ4n) is 3.20. The number of nitrogens with one attached hydrogen (secondary N) is 1. The molecule has 0 spiro atoms. The van der Waals surface area contributed by atoms with Crippen LogP contribution in [0.2, 0.25) is 0 Å². The van der Waals surface area contributed by atoms with E-state index in [9.17, 15) is 9.59 Å². The molecule has 0 aliphatic carbocycles. The highest BCUT2D eigenvalue weighted by atomic mass is 16.2. The SMILES string of the molecule is CCCC(=O)N1CCCC1C(=O)NCc1ccc(-n2ccnc2)cc1. The van der Waals surface area contributed by atoms with Crippen molar-refractivity contribution in [3.8, 4) is 5.69 Å². The first-order valence-electron chi connectivity index (χ1n) is 8.83. The molecule has 2 amide bonds. The molecule has 6 nitrogen and oxygen atoms in total. The molecule has 3 rings (SSSR count). The van der Waals surface area contributed by atoms with Crippen molar-refractivity contribution in [1.29, 1.82) is 0 Å². The molecule has 0 bridgehead atoms. The van der Waals surface area contributed by atoms with Gasteiger partial charge in [0, 0.05) is 37.6 Å². The molecule has 1 N–H and O–H groups in total. The Hall–Kier alpha value is -2.63. The van der Waals surface area contributed by atoms with Gasteiger partial charge in [0.05, 0.1) is 6.33 Å². The van der Waals surface area contributed by atoms with Crippen molar-refractivity contribution < 1.29 is 9.59 Å². The number of amides is 2. The number of aromatic nitrogens is 2. The zero-order valence-corrected chi connectivity index (χ0v) is 14.5. The number of imidazole rings is 1. The normalized spacial score (nSPS) is 16.8. The van der Waals surface area contributed by atoms with Gasteiger partial charge in [-0.15, -0.1) is 0 Å². The smallest absolute Gasteiger partial charge is 0.243 e. The van der Waals surface area contributed by atoms with Gasteiger partial charge in [-0.3, -0.25) is 9.59 Å². The summed E-state index contributed by atoms with van der Waals surface area (Å²) in [6.07, 6.45) is 8.35. The van der Waals surface area contributed by atoms with E-state index in [-0.39, 0.29) is 17.9 Å². The Bertz CT molecular complexity index is 710. The zero-order valence-electron chi connectivity index (χ0n) is 14.5. The van der Waals surface area contributed by atoms with Crippen molar-refractivity contribution in [2.45, 2.75) is 45.2 Å². The standard InChI is InChI=1S/C19H24N4O2/c1-2-4-18(24)23-11-3-5-17(23)19(25)21-13-15-6-8-16(9-7-15)22-12-10-20-14-22/h6-10,12,14,17H,2-5,11,13H2,1H3,(H,21,25). The first kappa shape index (κ1) is 17.2. The molecule has 25 heavy (non-hydrogen) atoms. The molecule has 1 aliphatic heterocycles. The van der Waals surface area contributed by atoms with Gasteiger partial charge >= 0.3 is 0 Å². The number of likely N-dealkylation sites (tertiary alicyclic amines) is 1. The highest BCUT2D eigenvalue weighted by Crippen LogP contribution is 2.19. The van der Waals surface area contributed by atoms with Crippen LogP contribution in [-0.4, -0.2) is 38.9 Å². The van der Waals surface area contributed by atoms with Gasteiger partial charge in [0.25, 0.3) is 0 Å². The average molecular weight is 340 g/mol. The molecule has 1 aliphatic rings. The second-order valence-corrected chi connectivity index (χ2v) is 6.35. The molecule has 1 fully saturated rings. The van der Waals surface area contributed by atoms with Gasteiger partial charge in [0.1, 0.15) is 6.04 Å². The Kier molecular flexibility index (Phi) is 5.48. The van der Waals surface area contributed by atoms with Crippen molar-refractivity contribution in [3.63, 3.8) is 0 Å². The first-order chi connectivity index (χ1) is 12.2. The van der Waals surface area contributed by atoms with E-state index in [0.717, 1.165) is 30.5 Å². The third kappa shape index (κ3) is 4.07. The highest BCUT2D eigenvalue weighted by molar-refractivity contribution is 5.88. The Morgan fingerprint density at radius 1 is 1.28 bits per heavy atom. The lowest BCUT2D eigenvalue weighted by Gasteiger charge is -2.24. The fourth-order valence-corrected chi connectivity index (χ4v) is 3.20. The second kappa shape index (κ2) is 7.96. The number of benzene rings is 1. The highest BCUT2D eigenvalue weighted by Gasteiger charge is 2.33. The summed E-state index contributed by atoms with van der Waals surface area (Å²) < 4.78 is 1.93. The van der Waals surface area contributed by atoms with Crippen LogP contribution in [0.25, 0.3) is 5.69 Å². The number of hydrogen-bond donors (Lipinski definition) is 1. The molecular weight excluding hydrogens is 316 g/mol. The van der Waals surface area contributed by atoms with Gasteiger partial charge < -0.3 is 14.8 Å². The Labute approximate surface area is 147 Å². The number of hydrogen-bond acceptors (Lipinski definition) is 3. The average Bonchev–Trinajstić information content (AvgIpc) is 3.32. The predicted molar refractivity (Wildman–Crippen MR) is 95.1 cm³/mol. The van der Waals surface area contributed by atoms with Gasteiger partial charge in [-0.25, -0.2) is 4.98 Å². The van der Waals surface area contributed by atoms with E-state index in [1.807, 2.05) is 42.0 Å². The van der Waals surface area contributed by atoms with Crippen molar-refractivity contribution in [1.82, 2.24) is 19.8 Å². The minimum atomic E-state index is -0.315. The third-order valence-electron chi connectivity index (χ3n) is 4.55. The molecule has 1 saturated heterocycles. The third-order valence-corrected chi connectivity index (χ3v) is 4.55. The van der Waals surface area contributed by atoms with Gasteiger partial charge in [-0.05, 0) is 37.0 Å². The summed E-state index contributed by atoms with van der Waals surface area (Å²) in [4.78, 5) is 30.4. The topological polar surface area (TPSA) is 67.2 Å². The van der Waals surface area contributed by atoms with Crippen molar-refractivity contribution in [2.24, 2.45) is 0 Å². The van der Waals surface area contributed by atoms with E-state index in [2.05, 4.69) is 10.3 Å². The van der Waals surface area contributed by atoms with Crippen LogP contribution in [0.5, 0.6) is 0 Å². The van der Waals surface area contributed by atoms with Crippen molar-refractivity contribution in [3.05, 3.63) is 48.5 Å². The molecule has 2 heterocycles. The maximum atomic E-state index is 12.5. The van der Waals surface area contributed by atoms with E-state index >= 15 is 0 Å². The van der Waals surface area contributed by atoms with Crippen LogP contribution in [0.1, 0.15) is 38.2 Å². The van der Waals surface area contributed by atoms with Gasteiger partial charge in [0.2, 0.25) is 11.8 Å². The maximum absolute atomic E-state index is 12.5. The van der Waals surface area contributed by atoms with Crippen LogP contribution in [0.3, 0.4) is 0 Å². The summed E-state index contributed by atoms with van der Waals surface area (Å²) in [5, 5.41) is 2.97. The molecule has 6 heteroatoms. The predicted octanol–water partition coefficient (Wildman–Crippen LogP) is 2.28. The quantitative estimate of drug-likeness (QED) is 0.877. The Morgan fingerprint density at radius 2 is 2.08 bits per heavy atom. The van der Waals surface area contributed by atoms with E-state index in [1.165, 1.54) is 0 Å². The maximum Gasteiger partial charge on any atom is 0.243 e. The van der Waals surface area contributed by atoms with E-state index in [0.29, 0.717) is 19.5 Å².